The van der Waals surface area contributed by atoms with Crippen molar-refractivity contribution in [2.24, 2.45) is 5.73 Å². The van der Waals surface area contributed by atoms with Crippen LogP contribution < -0.4 is 5.73 Å². The second-order valence-electron chi connectivity index (χ2n) is 1.64. The van der Waals surface area contributed by atoms with Crippen LogP contribution in [-0.4, -0.2) is 11.7 Å². The van der Waals surface area contributed by atoms with Crippen LogP contribution in [0, 0.1) is 0 Å². The van der Waals surface area contributed by atoms with E-state index in [1.807, 2.05) is 0 Å². The normalized spacial score (nSPS) is 8.44. The lowest BCUT2D eigenvalue weighted by Gasteiger charge is -1.88. The Kier molecular flexibility index (Phi) is 3.35. The van der Waals surface area contributed by atoms with Gasteiger partial charge in [0.2, 0.25) is 5.91 Å². The molecule has 0 aromatic heterocycles. The van der Waals surface area contributed by atoms with Gasteiger partial charge in [0, 0.05) is 12.8 Å². The van der Waals surface area contributed by atoms with Crippen LogP contribution in [0.5, 0.6) is 0 Å². The van der Waals surface area contributed by atoms with Gasteiger partial charge in [-0.15, -0.1) is 0 Å². The first-order chi connectivity index (χ1) is 4.16. The average molecular weight is 127 g/mol. The van der Waals surface area contributed by atoms with Crippen molar-refractivity contribution in [3.8, 4) is 0 Å². The van der Waals surface area contributed by atoms with E-state index in [4.69, 9.17) is 5.73 Å². The Bertz CT molecular complexity index is 140. The summed E-state index contributed by atoms with van der Waals surface area (Å²) in [6.07, 6.45) is 1.48. The number of nitrogens with two attached hydrogens (primary N) is 1. The molecule has 0 aliphatic carbocycles. The first-order valence-electron chi connectivity index (χ1n) is 2.60. The maximum Gasteiger partial charge on any atom is 0.217 e. The molecule has 0 unspecified atom stereocenters. The van der Waals surface area contributed by atoms with Crippen LogP contribution in [0.3, 0.4) is 0 Å². The zero-order valence-electron chi connectivity index (χ0n) is 5.09. The van der Waals surface area contributed by atoms with Crippen molar-refractivity contribution in [2.45, 2.75) is 12.8 Å². The van der Waals surface area contributed by atoms with E-state index in [2.05, 4.69) is 6.58 Å². The highest BCUT2D eigenvalue weighted by Gasteiger charge is 1.97. The first kappa shape index (κ1) is 7.88. The summed E-state index contributed by atoms with van der Waals surface area (Å²) < 4.78 is 0. The van der Waals surface area contributed by atoms with Crippen molar-refractivity contribution in [3.05, 3.63) is 12.7 Å². The maximum absolute atomic E-state index is 10.4. The molecule has 0 fully saturated rings. The van der Waals surface area contributed by atoms with E-state index in [-0.39, 0.29) is 18.6 Å². The number of rotatable bonds is 4. The van der Waals surface area contributed by atoms with Gasteiger partial charge in [-0.3, -0.25) is 9.59 Å². The van der Waals surface area contributed by atoms with E-state index in [0.717, 1.165) is 0 Å². The summed E-state index contributed by atoms with van der Waals surface area (Å²) in [5.74, 6) is -0.598. The van der Waals surface area contributed by atoms with Crippen LogP contribution in [0.1, 0.15) is 12.8 Å². The van der Waals surface area contributed by atoms with Crippen LogP contribution in [0.4, 0.5) is 0 Å². The zero-order chi connectivity index (χ0) is 7.28. The van der Waals surface area contributed by atoms with E-state index >= 15 is 0 Å². The van der Waals surface area contributed by atoms with Crippen LogP contribution >= 0.6 is 0 Å². The molecule has 0 bridgehead atoms. The number of amides is 1. The third kappa shape index (κ3) is 4.74. The van der Waals surface area contributed by atoms with Gasteiger partial charge >= 0.3 is 0 Å². The van der Waals surface area contributed by atoms with Crippen molar-refractivity contribution < 1.29 is 9.59 Å². The van der Waals surface area contributed by atoms with E-state index in [1.165, 1.54) is 6.08 Å². The Labute approximate surface area is 53.5 Å². The topological polar surface area (TPSA) is 60.2 Å². The average Bonchev–Trinajstić information content (AvgIpc) is 1.83. The maximum atomic E-state index is 10.4. The van der Waals surface area contributed by atoms with Crippen molar-refractivity contribution in [1.82, 2.24) is 0 Å². The Morgan fingerprint density at radius 2 is 2.00 bits per heavy atom. The highest BCUT2D eigenvalue weighted by molar-refractivity contribution is 5.91. The SMILES string of the molecule is C=CC(=O)CCC(N)=O. The third-order valence-corrected chi connectivity index (χ3v) is 0.845. The summed E-state index contributed by atoms with van der Waals surface area (Å²) in [4.78, 5) is 20.4. The van der Waals surface area contributed by atoms with Gasteiger partial charge in [-0.1, -0.05) is 6.58 Å². The monoisotopic (exact) mass is 127 g/mol. The molecule has 1 amide bonds. The molecule has 0 saturated heterocycles. The Hall–Kier alpha value is -1.12. The lowest BCUT2D eigenvalue weighted by Crippen LogP contribution is -2.11. The summed E-state index contributed by atoms with van der Waals surface area (Å²) >= 11 is 0. The van der Waals surface area contributed by atoms with E-state index in [0.29, 0.717) is 0 Å². The molecular weight excluding hydrogens is 118 g/mol. The van der Waals surface area contributed by atoms with Crippen molar-refractivity contribution >= 4 is 11.7 Å². The fraction of sp³-hybridized carbons (Fsp3) is 0.333. The lowest BCUT2D eigenvalue weighted by molar-refractivity contribution is -0.121. The molecule has 0 aliphatic heterocycles. The molecule has 3 heteroatoms. The van der Waals surface area contributed by atoms with Crippen molar-refractivity contribution in [2.75, 3.05) is 0 Å². The highest BCUT2D eigenvalue weighted by Crippen LogP contribution is 1.88. The fourth-order valence-corrected chi connectivity index (χ4v) is 0.348. The van der Waals surface area contributed by atoms with Gasteiger partial charge in [0.05, 0.1) is 0 Å². The van der Waals surface area contributed by atoms with E-state index in [1.54, 1.807) is 0 Å². The highest BCUT2D eigenvalue weighted by atomic mass is 16.1. The van der Waals surface area contributed by atoms with E-state index in [9.17, 15) is 9.59 Å². The summed E-state index contributed by atoms with van der Waals surface area (Å²) in [7, 11) is 0. The molecule has 0 spiro atoms. The molecule has 9 heavy (non-hydrogen) atoms. The van der Waals surface area contributed by atoms with Gasteiger partial charge in [0.1, 0.15) is 0 Å². The number of carbonyl (C=O) groups is 2. The zero-order valence-corrected chi connectivity index (χ0v) is 5.09. The van der Waals surface area contributed by atoms with Crippen molar-refractivity contribution in [1.29, 1.82) is 0 Å². The van der Waals surface area contributed by atoms with Gasteiger partial charge in [0.15, 0.2) is 5.78 Å². The minimum absolute atomic E-state index is 0.116. The second kappa shape index (κ2) is 3.83. The number of carbonyl (C=O) groups excluding carboxylic acids is 2. The molecule has 0 aliphatic rings. The summed E-state index contributed by atoms with van der Waals surface area (Å²) in [5, 5.41) is 0. The van der Waals surface area contributed by atoms with Gasteiger partial charge in [-0.25, -0.2) is 0 Å². The predicted octanol–water partition coefficient (Wildman–Crippen LogP) is 0.00700. The molecule has 2 N–H and O–H groups in total. The van der Waals surface area contributed by atoms with Crippen LogP contribution in [0.25, 0.3) is 0 Å². The molecule has 3 nitrogen and oxygen atoms in total. The molecule has 0 heterocycles. The molecule has 0 saturated carbocycles. The van der Waals surface area contributed by atoms with Crippen molar-refractivity contribution in [3.63, 3.8) is 0 Å². The van der Waals surface area contributed by atoms with Crippen LogP contribution in [0.15, 0.2) is 12.7 Å². The first-order valence-corrected chi connectivity index (χ1v) is 2.60. The minimum Gasteiger partial charge on any atom is -0.370 e. The van der Waals surface area contributed by atoms with Gasteiger partial charge in [0.25, 0.3) is 0 Å². The smallest absolute Gasteiger partial charge is 0.217 e. The number of allylic oxidation sites excluding steroid dienone is 1. The Morgan fingerprint density at radius 1 is 1.44 bits per heavy atom. The molecular formula is C6H9NO2. The summed E-state index contributed by atoms with van der Waals surface area (Å²) in [6, 6.07) is 0. The number of hydrogen-bond donors (Lipinski definition) is 1. The lowest BCUT2D eigenvalue weighted by atomic mass is 10.2. The molecule has 0 radical (unpaired) electrons. The molecule has 0 aromatic rings. The number of primary amides is 1. The molecule has 0 rings (SSSR count). The number of hydrogen-bond acceptors (Lipinski definition) is 2. The van der Waals surface area contributed by atoms with Gasteiger partial charge in [-0.05, 0) is 6.08 Å². The largest absolute Gasteiger partial charge is 0.370 e. The quantitative estimate of drug-likeness (QED) is 0.540. The standard InChI is InChI=1S/C6H9NO2/c1-2-5(8)3-4-6(7)9/h2H,1,3-4H2,(H2,7,9). The predicted molar refractivity (Wildman–Crippen MR) is 33.6 cm³/mol. The molecule has 0 atom stereocenters. The third-order valence-electron chi connectivity index (χ3n) is 0.845. The number of ketones is 1. The molecule has 0 aromatic carbocycles. The van der Waals surface area contributed by atoms with E-state index < -0.39 is 5.91 Å². The summed E-state index contributed by atoms with van der Waals surface area (Å²) in [6.45, 7) is 3.24. The van der Waals surface area contributed by atoms with Crippen LogP contribution in [-0.2, 0) is 9.59 Å². The van der Waals surface area contributed by atoms with Gasteiger partial charge < -0.3 is 5.73 Å². The second-order valence-corrected chi connectivity index (χ2v) is 1.64. The minimum atomic E-state index is -0.454. The fourth-order valence-electron chi connectivity index (χ4n) is 0.348. The molecule has 50 valence electrons. The van der Waals surface area contributed by atoms with Crippen LogP contribution in [0.2, 0.25) is 0 Å². The Balaban J connectivity index is 3.39. The summed E-state index contributed by atoms with van der Waals surface area (Å²) in [5.41, 5.74) is 4.77. The van der Waals surface area contributed by atoms with Gasteiger partial charge in [-0.2, -0.15) is 0 Å². The Morgan fingerprint density at radius 3 is 2.33 bits per heavy atom.